The summed E-state index contributed by atoms with van der Waals surface area (Å²) >= 11 is 0. The number of rotatable bonds is 5. The van der Waals surface area contributed by atoms with Crippen LogP contribution in [-0.2, 0) is 17.6 Å². The summed E-state index contributed by atoms with van der Waals surface area (Å²) in [4.78, 5) is 15.7. The molecule has 0 spiro atoms. The van der Waals surface area contributed by atoms with Gasteiger partial charge >= 0.3 is 0 Å². The van der Waals surface area contributed by atoms with E-state index in [4.69, 9.17) is 5.73 Å². The summed E-state index contributed by atoms with van der Waals surface area (Å²) < 4.78 is 15.1. The molecule has 0 aliphatic carbocycles. The highest BCUT2D eigenvalue weighted by atomic mass is 19.1. The molecule has 6 heteroatoms. The molecular weight excluding hydrogens is 319 g/mol. The van der Waals surface area contributed by atoms with Crippen LogP contribution in [0.5, 0.6) is 0 Å². The molecule has 0 saturated heterocycles. The van der Waals surface area contributed by atoms with Gasteiger partial charge in [-0.3, -0.25) is 4.79 Å². The number of hydrogen-bond acceptors (Lipinski definition) is 3. The molecule has 5 nitrogen and oxygen atoms in total. The van der Waals surface area contributed by atoms with Gasteiger partial charge in [-0.1, -0.05) is 19.1 Å². The summed E-state index contributed by atoms with van der Waals surface area (Å²) in [6.45, 7) is 3.90. The van der Waals surface area contributed by atoms with Gasteiger partial charge < -0.3 is 5.73 Å². The van der Waals surface area contributed by atoms with E-state index in [1.165, 1.54) is 17.7 Å². The van der Waals surface area contributed by atoms with Gasteiger partial charge in [0.05, 0.1) is 12.1 Å². The van der Waals surface area contributed by atoms with Crippen LogP contribution in [0.4, 0.5) is 4.39 Å². The molecule has 1 aromatic heterocycles. The molecule has 1 heterocycles. The smallest absolute Gasteiger partial charge is 0.225 e. The van der Waals surface area contributed by atoms with Crippen LogP contribution in [0.1, 0.15) is 23.9 Å². The predicted octanol–water partition coefficient (Wildman–Crippen LogP) is 2.97. The van der Waals surface area contributed by atoms with Gasteiger partial charge in [-0.2, -0.15) is 5.10 Å². The molecule has 2 N–H and O–H groups in total. The Morgan fingerprint density at radius 3 is 2.52 bits per heavy atom. The number of amides is 1. The van der Waals surface area contributed by atoms with Crippen molar-refractivity contribution in [3.63, 3.8) is 0 Å². The normalized spacial score (nSPS) is 10.8. The van der Waals surface area contributed by atoms with Gasteiger partial charge in [0.1, 0.15) is 5.82 Å². The van der Waals surface area contributed by atoms with Gasteiger partial charge in [-0.05, 0) is 54.8 Å². The Hall–Kier alpha value is -3.02. The average Bonchev–Trinajstić information content (AvgIpc) is 2.97. The third-order valence-electron chi connectivity index (χ3n) is 4.00. The Morgan fingerprint density at radius 2 is 1.92 bits per heavy atom. The van der Waals surface area contributed by atoms with Crippen LogP contribution < -0.4 is 5.73 Å². The topological polar surface area (TPSA) is 73.8 Å². The Balaban J connectivity index is 2.14. The monoisotopic (exact) mass is 338 g/mol. The molecular formula is C19H19FN4O. The highest BCUT2D eigenvalue weighted by Gasteiger charge is 2.17. The number of hydrogen-bond donors (Lipinski definition) is 1. The van der Waals surface area contributed by atoms with Crippen LogP contribution in [0.25, 0.3) is 17.1 Å². The van der Waals surface area contributed by atoms with E-state index in [-0.39, 0.29) is 12.2 Å². The highest BCUT2D eigenvalue weighted by molar-refractivity contribution is 5.76. The minimum absolute atomic E-state index is 0.0483. The van der Waals surface area contributed by atoms with Crippen LogP contribution in [0.3, 0.4) is 0 Å². The van der Waals surface area contributed by atoms with E-state index in [1.807, 2.05) is 31.2 Å². The first-order valence-corrected chi connectivity index (χ1v) is 8.08. The maximum Gasteiger partial charge on any atom is 0.225 e. The molecule has 0 atom stereocenters. The third kappa shape index (κ3) is 3.57. The molecule has 3 rings (SSSR count). The maximum absolute atomic E-state index is 13.4. The number of nitrogens with zero attached hydrogens (tertiary/aromatic N) is 3. The fourth-order valence-corrected chi connectivity index (χ4v) is 2.69. The lowest BCUT2D eigenvalue weighted by Crippen LogP contribution is -2.14. The van der Waals surface area contributed by atoms with Crippen molar-refractivity contribution in [3.8, 4) is 17.1 Å². The number of aryl methyl sites for hydroxylation is 2. The van der Waals surface area contributed by atoms with Crippen LogP contribution in [-0.4, -0.2) is 20.7 Å². The van der Waals surface area contributed by atoms with Crippen molar-refractivity contribution in [2.75, 3.05) is 0 Å². The first kappa shape index (κ1) is 16.8. The van der Waals surface area contributed by atoms with Crippen molar-refractivity contribution in [2.45, 2.75) is 26.7 Å². The second kappa shape index (κ2) is 6.84. The van der Waals surface area contributed by atoms with Gasteiger partial charge in [0.25, 0.3) is 0 Å². The van der Waals surface area contributed by atoms with Crippen molar-refractivity contribution in [3.05, 3.63) is 65.2 Å². The number of nitrogens with two attached hydrogens (primary N) is 1. The van der Waals surface area contributed by atoms with Crippen LogP contribution in [0.2, 0.25) is 0 Å². The fourth-order valence-electron chi connectivity index (χ4n) is 2.69. The van der Waals surface area contributed by atoms with E-state index in [2.05, 4.69) is 17.0 Å². The van der Waals surface area contributed by atoms with E-state index in [0.29, 0.717) is 11.6 Å². The lowest BCUT2D eigenvalue weighted by Gasteiger charge is -2.09. The lowest BCUT2D eigenvalue weighted by molar-refractivity contribution is -0.117. The zero-order chi connectivity index (χ0) is 18.0. The van der Waals surface area contributed by atoms with E-state index >= 15 is 0 Å². The van der Waals surface area contributed by atoms with Crippen LogP contribution in [0.15, 0.2) is 42.5 Å². The van der Waals surface area contributed by atoms with Crippen molar-refractivity contribution < 1.29 is 9.18 Å². The number of carbonyl (C=O) groups is 1. The number of benzene rings is 2. The zero-order valence-corrected chi connectivity index (χ0v) is 14.2. The quantitative estimate of drug-likeness (QED) is 0.777. The molecule has 0 bridgehead atoms. The minimum atomic E-state index is -0.499. The fraction of sp³-hybridized carbons (Fsp3) is 0.211. The van der Waals surface area contributed by atoms with Gasteiger partial charge in [0.2, 0.25) is 5.91 Å². The molecule has 0 aliphatic heterocycles. The molecule has 128 valence electrons. The first-order valence-electron chi connectivity index (χ1n) is 8.08. The highest BCUT2D eigenvalue weighted by Crippen LogP contribution is 2.25. The van der Waals surface area contributed by atoms with E-state index in [1.54, 1.807) is 10.7 Å². The molecule has 0 saturated carbocycles. The summed E-state index contributed by atoms with van der Waals surface area (Å²) in [6, 6.07) is 12.4. The van der Waals surface area contributed by atoms with Crippen molar-refractivity contribution in [1.29, 1.82) is 0 Å². The van der Waals surface area contributed by atoms with Gasteiger partial charge in [0, 0.05) is 5.56 Å². The Morgan fingerprint density at radius 1 is 1.20 bits per heavy atom. The molecule has 2 aromatic carbocycles. The molecule has 25 heavy (non-hydrogen) atoms. The molecule has 0 aliphatic rings. The van der Waals surface area contributed by atoms with Crippen LogP contribution >= 0.6 is 0 Å². The van der Waals surface area contributed by atoms with E-state index in [9.17, 15) is 9.18 Å². The second-order valence-corrected chi connectivity index (χ2v) is 5.89. The van der Waals surface area contributed by atoms with Crippen molar-refractivity contribution in [2.24, 2.45) is 5.73 Å². The molecule has 0 fully saturated rings. The van der Waals surface area contributed by atoms with Gasteiger partial charge in [0.15, 0.2) is 11.6 Å². The predicted molar refractivity (Wildman–Crippen MR) is 93.8 cm³/mol. The first-order chi connectivity index (χ1) is 12.0. The van der Waals surface area contributed by atoms with Crippen molar-refractivity contribution in [1.82, 2.24) is 14.8 Å². The molecule has 3 aromatic rings. The number of primary amides is 1. The van der Waals surface area contributed by atoms with E-state index < -0.39 is 5.91 Å². The van der Waals surface area contributed by atoms with Gasteiger partial charge in [-0.15, -0.1) is 0 Å². The zero-order valence-electron chi connectivity index (χ0n) is 14.2. The number of aromatic nitrogens is 3. The Kier molecular flexibility index (Phi) is 4.61. The van der Waals surface area contributed by atoms with Crippen molar-refractivity contribution >= 4 is 5.91 Å². The molecule has 1 amide bonds. The number of halogens is 1. The second-order valence-electron chi connectivity index (χ2n) is 5.89. The Labute approximate surface area is 145 Å². The molecule has 0 radical (unpaired) electrons. The summed E-state index contributed by atoms with van der Waals surface area (Å²) in [5, 5.41) is 4.43. The van der Waals surface area contributed by atoms with Crippen LogP contribution in [0, 0.1) is 12.7 Å². The maximum atomic E-state index is 13.4. The minimum Gasteiger partial charge on any atom is -0.369 e. The summed E-state index contributed by atoms with van der Waals surface area (Å²) in [7, 11) is 0. The summed E-state index contributed by atoms with van der Waals surface area (Å²) in [6.07, 6.45) is 0.891. The third-order valence-corrected chi connectivity index (χ3v) is 4.00. The SMILES string of the molecule is CCc1ccc(-n2nc(CC(N)=O)nc2-c2ccc(F)cc2C)cc1. The number of carbonyl (C=O) groups excluding carboxylic acids is 1. The average molecular weight is 338 g/mol. The lowest BCUT2D eigenvalue weighted by atomic mass is 10.1. The largest absolute Gasteiger partial charge is 0.369 e. The summed E-state index contributed by atoms with van der Waals surface area (Å²) in [5.41, 5.74) is 8.79. The van der Waals surface area contributed by atoms with E-state index in [0.717, 1.165) is 23.2 Å². The Bertz CT molecular complexity index is 916. The van der Waals surface area contributed by atoms with Gasteiger partial charge in [-0.25, -0.2) is 14.1 Å². The standard InChI is InChI=1S/C19H19FN4O/c1-3-13-4-7-15(8-5-13)24-19(22-18(23-24)11-17(21)25)16-9-6-14(20)10-12(16)2/h4-10H,3,11H2,1-2H3,(H2,21,25). The molecule has 0 unspecified atom stereocenters. The summed E-state index contributed by atoms with van der Waals surface area (Å²) in [5.74, 6) is 0.0848.